The van der Waals surface area contributed by atoms with E-state index < -0.39 is 0 Å². The van der Waals surface area contributed by atoms with Gasteiger partial charge in [-0.05, 0) is 61.7 Å². The van der Waals surface area contributed by atoms with Crippen LogP contribution in [0.5, 0.6) is 0 Å². The van der Waals surface area contributed by atoms with Crippen LogP contribution in [0.1, 0.15) is 38.1 Å². The number of hydrogen-bond donors (Lipinski definition) is 0. The average molecular weight is 376 g/mol. The molecule has 5 nitrogen and oxygen atoms in total. The molecule has 0 radical (unpaired) electrons. The molecule has 3 aliphatic heterocycles. The Balaban J connectivity index is 1.49. The Hall–Kier alpha value is -1.43. The van der Waals surface area contributed by atoms with Crippen LogP contribution in [0.2, 0.25) is 0 Å². The van der Waals surface area contributed by atoms with Crippen molar-refractivity contribution in [2.75, 3.05) is 31.6 Å². The van der Waals surface area contributed by atoms with Gasteiger partial charge in [0, 0.05) is 44.5 Å². The first-order chi connectivity index (χ1) is 12.7. The van der Waals surface area contributed by atoms with Gasteiger partial charge in [-0.1, -0.05) is 0 Å². The normalized spacial score (nSPS) is 29.4. The minimum absolute atomic E-state index is 0.0969. The predicted molar refractivity (Wildman–Crippen MR) is 104 cm³/mol. The summed E-state index contributed by atoms with van der Waals surface area (Å²) in [6.45, 7) is 2.48. The molecule has 4 rings (SSSR count). The summed E-state index contributed by atoms with van der Waals surface area (Å²) in [4.78, 5) is 29.9. The van der Waals surface area contributed by atoms with Crippen molar-refractivity contribution in [1.82, 2.24) is 14.4 Å². The number of thioether (sulfide) groups is 1. The summed E-state index contributed by atoms with van der Waals surface area (Å²) in [6, 6.07) is 4.26. The quantitative estimate of drug-likeness (QED) is 0.795. The van der Waals surface area contributed by atoms with E-state index in [9.17, 15) is 9.59 Å². The van der Waals surface area contributed by atoms with Crippen LogP contribution in [0, 0.1) is 11.8 Å². The number of amides is 2. The molecule has 0 N–H and O–H groups in total. The maximum atomic E-state index is 13.4. The number of hydrogen-bond acceptors (Lipinski definition) is 3. The lowest BCUT2D eigenvalue weighted by Gasteiger charge is -2.52. The van der Waals surface area contributed by atoms with Gasteiger partial charge < -0.3 is 14.4 Å². The molecule has 0 aromatic carbocycles. The summed E-state index contributed by atoms with van der Waals surface area (Å²) in [5, 5.41) is 0. The zero-order chi connectivity index (χ0) is 18.1. The molecular weight excluding hydrogens is 346 g/mol. The maximum absolute atomic E-state index is 13.4. The molecule has 1 aromatic heterocycles. The van der Waals surface area contributed by atoms with Gasteiger partial charge in [-0.15, -0.1) is 0 Å². The van der Waals surface area contributed by atoms with Gasteiger partial charge in [0.15, 0.2) is 0 Å². The van der Waals surface area contributed by atoms with E-state index in [4.69, 9.17) is 0 Å². The van der Waals surface area contributed by atoms with Gasteiger partial charge >= 0.3 is 0 Å². The third kappa shape index (κ3) is 3.40. The van der Waals surface area contributed by atoms with Crippen molar-refractivity contribution >= 4 is 23.6 Å². The fourth-order valence-electron chi connectivity index (χ4n) is 5.19. The number of carbonyl (C=O) groups is 2. The van der Waals surface area contributed by atoms with Crippen LogP contribution in [0.15, 0.2) is 24.5 Å². The molecule has 142 valence electrons. The van der Waals surface area contributed by atoms with E-state index in [-0.39, 0.29) is 11.9 Å². The van der Waals surface area contributed by atoms with Crippen molar-refractivity contribution in [2.45, 2.75) is 44.2 Å². The summed E-state index contributed by atoms with van der Waals surface area (Å²) in [6.07, 6.45) is 11.0. The van der Waals surface area contributed by atoms with Crippen molar-refractivity contribution < 1.29 is 9.59 Å². The molecule has 2 bridgehead atoms. The number of rotatable bonds is 5. The number of nitrogens with zero attached hydrogens (tertiary/aromatic N) is 3. The minimum Gasteiger partial charge on any atom is -0.342 e. The van der Waals surface area contributed by atoms with Gasteiger partial charge in [-0.3, -0.25) is 9.59 Å². The van der Waals surface area contributed by atoms with Crippen LogP contribution in [-0.2, 0) is 9.59 Å². The van der Waals surface area contributed by atoms with Crippen LogP contribution in [-0.4, -0.2) is 63.9 Å². The average Bonchev–Trinajstić information content (AvgIpc) is 3.17. The molecule has 3 unspecified atom stereocenters. The summed E-state index contributed by atoms with van der Waals surface area (Å²) < 4.78 is 2.07. The van der Waals surface area contributed by atoms with Crippen LogP contribution in [0.3, 0.4) is 0 Å². The second-order valence-electron chi connectivity index (χ2n) is 8.04. The SMILES string of the molecule is CSCC[C@@H](C(=O)N1CC2CC(C1)C1CCCC(=O)N1C2)n1cccc1. The highest BCUT2D eigenvalue weighted by atomic mass is 32.2. The molecule has 0 spiro atoms. The lowest BCUT2D eigenvalue weighted by molar-refractivity contribution is -0.150. The Morgan fingerprint density at radius 3 is 2.85 bits per heavy atom. The monoisotopic (exact) mass is 375 g/mol. The molecule has 3 aliphatic rings. The van der Waals surface area contributed by atoms with E-state index >= 15 is 0 Å². The molecule has 1 aromatic rings. The maximum Gasteiger partial charge on any atom is 0.245 e. The van der Waals surface area contributed by atoms with Gasteiger partial charge in [0.2, 0.25) is 11.8 Å². The Labute approximate surface area is 160 Å². The molecule has 0 saturated carbocycles. The van der Waals surface area contributed by atoms with Gasteiger partial charge in [0.05, 0.1) is 0 Å². The Bertz CT molecular complexity index is 647. The molecule has 0 aliphatic carbocycles. The van der Waals surface area contributed by atoms with Crippen LogP contribution < -0.4 is 0 Å². The molecule has 2 amide bonds. The zero-order valence-corrected chi connectivity index (χ0v) is 16.4. The standard InChI is InChI=1S/C20H29N3O2S/c1-26-10-7-18(21-8-2-3-9-21)20(25)22-12-15-11-16(14-22)17-5-4-6-19(24)23(17)13-15/h2-3,8-9,15-18H,4-7,10-14H2,1H3/t15?,16?,17?,18-/m0/s1. The summed E-state index contributed by atoms with van der Waals surface area (Å²) in [5.41, 5.74) is 0. The van der Waals surface area contributed by atoms with E-state index in [1.54, 1.807) is 11.8 Å². The van der Waals surface area contributed by atoms with Crippen molar-refractivity contribution in [3.8, 4) is 0 Å². The lowest BCUT2D eigenvalue weighted by atomic mass is 9.76. The summed E-state index contributed by atoms with van der Waals surface area (Å²) in [7, 11) is 0. The fourth-order valence-corrected chi connectivity index (χ4v) is 5.64. The zero-order valence-electron chi connectivity index (χ0n) is 15.5. The number of carbonyl (C=O) groups excluding carboxylic acids is 2. The predicted octanol–water partition coefficient (Wildman–Crippen LogP) is 2.64. The van der Waals surface area contributed by atoms with E-state index in [0.29, 0.717) is 30.2 Å². The highest BCUT2D eigenvalue weighted by molar-refractivity contribution is 7.98. The van der Waals surface area contributed by atoms with Crippen molar-refractivity contribution in [1.29, 1.82) is 0 Å². The molecule has 6 heteroatoms. The molecule has 3 fully saturated rings. The van der Waals surface area contributed by atoms with E-state index in [0.717, 1.165) is 44.6 Å². The molecule has 3 saturated heterocycles. The molecule has 4 atom stereocenters. The Morgan fingerprint density at radius 2 is 2.08 bits per heavy atom. The third-order valence-corrected chi connectivity index (χ3v) is 7.00. The summed E-state index contributed by atoms with van der Waals surface area (Å²) >= 11 is 1.79. The number of aromatic nitrogens is 1. The smallest absolute Gasteiger partial charge is 0.245 e. The first-order valence-corrected chi connectivity index (χ1v) is 11.3. The molecular formula is C20H29N3O2S. The van der Waals surface area contributed by atoms with Crippen LogP contribution in [0.4, 0.5) is 0 Å². The second kappa shape index (κ2) is 7.67. The minimum atomic E-state index is -0.0969. The first kappa shape index (κ1) is 18.0. The lowest BCUT2D eigenvalue weighted by Crippen LogP contribution is -2.61. The topological polar surface area (TPSA) is 45.6 Å². The highest BCUT2D eigenvalue weighted by Crippen LogP contribution is 2.38. The Morgan fingerprint density at radius 1 is 1.27 bits per heavy atom. The van der Waals surface area contributed by atoms with Gasteiger partial charge in [0.25, 0.3) is 0 Å². The largest absolute Gasteiger partial charge is 0.342 e. The van der Waals surface area contributed by atoms with Crippen molar-refractivity contribution in [2.24, 2.45) is 11.8 Å². The van der Waals surface area contributed by atoms with E-state index in [1.807, 2.05) is 24.5 Å². The summed E-state index contributed by atoms with van der Waals surface area (Å²) in [5.74, 6) is 2.49. The van der Waals surface area contributed by atoms with Crippen LogP contribution >= 0.6 is 11.8 Å². The van der Waals surface area contributed by atoms with Gasteiger partial charge in [-0.25, -0.2) is 0 Å². The van der Waals surface area contributed by atoms with Gasteiger partial charge in [0.1, 0.15) is 6.04 Å². The van der Waals surface area contributed by atoms with Crippen LogP contribution in [0.25, 0.3) is 0 Å². The highest BCUT2D eigenvalue weighted by Gasteiger charge is 2.45. The molecule has 4 heterocycles. The Kier molecular flexibility index (Phi) is 5.30. The van der Waals surface area contributed by atoms with E-state index in [1.165, 1.54) is 6.42 Å². The van der Waals surface area contributed by atoms with Crippen molar-refractivity contribution in [3.05, 3.63) is 24.5 Å². The number of piperidine rings is 3. The first-order valence-electron chi connectivity index (χ1n) is 9.87. The second-order valence-corrected chi connectivity index (χ2v) is 9.02. The van der Waals surface area contributed by atoms with Gasteiger partial charge in [-0.2, -0.15) is 11.8 Å². The number of likely N-dealkylation sites (tertiary alicyclic amines) is 1. The van der Waals surface area contributed by atoms with E-state index in [2.05, 4.69) is 20.6 Å². The van der Waals surface area contributed by atoms with Crippen molar-refractivity contribution in [3.63, 3.8) is 0 Å². The third-order valence-electron chi connectivity index (χ3n) is 6.36. The fraction of sp³-hybridized carbons (Fsp3) is 0.700. The number of fused-ring (bicyclic) bond motifs is 4. The molecule has 26 heavy (non-hydrogen) atoms.